The minimum atomic E-state index is -0.506. The average molecular weight is 954 g/mol. The highest BCUT2D eigenvalue weighted by atomic mass is 16.3. The van der Waals surface area contributed by atoms with Gasteiger partial charge in [-0.25, -0.2) is 0 Å². The van der Waals surface area contributed by atoms with Crippen molar-refractivity contribution in [3.05, 3.63) is 307 Å². The molecule has 0 N–H and O–H groups in total. The van der Waals surface area contributed by atoms with Gasteiger partial charge in [-0.05, 0) is 125 Å². The van der Waals surface area contributed by atoms with Crippen LogP contribution in [-0.2, 0) is 5.41 Å². The highest BCUT2D eigenvalue weighted by Gasteiger charge is 2.51. The first kappa shape index (κ1) is 42.9. The number of rotatable bonds is 8. The number of furan rings is 1. The molecular formula is C73H47NO. The van der Waals surface area contributed by atoms with E-state index in [1.807, 2.05) is 6.07 Å². The zero-order valence-electron chi connectivity index (χ0n) is 41.0. The third-order valence-corrected chi connectivity index (χ3v) is 15.9. The van der Waals surface area contributed by atoms with Crippen LogP contribution in [0.5, 0.6) is 0 Å². The van der Waals surface area contributed by atoms with Gasteiger partial charge in [0.15, 0.2) is 0 Å². The van der Waals surface area contributed by atoms with Crippen molar-refractivity contribution in [2.24, 2.45) is 0 Å². The molecule has 0 bridgehead atoms. The number of fused-ring (bicyclic) bond motifs is 13. The molecule has 0 saturated heterocycles. The van der Waals surface area contributed by atoms with Crippen molar-refractivity contribution in [3.8, 4) is 77.9 Å². The second-order valence-corrected chi connectivity index (χ2v) is 19.8. The topological polar surface area (TPSA) is 16.4 Å². The highest BCUT2D eigenvalue weighted by Crippen LogP contribution is 2.63. The van der Waals surface area contributed by atoms with E-state index in [4.69, 9.17) is 4.42 Å². The van der Waals surface area contributed by atoms with E-state index < -0.39 is 5.41 Å². The summed E-state index contributed by atoms with van der Waals surface area (Å²) >= 11 is 0. The first-order chi connectivity index (χ1) is 37.2. The molecule has 350 valence electrons. The molecule has 13 aromatic rings. The summed E-state index contributed by atoms with van der Waals surface area (Å²) in [5.41, 5.74) is 26.4. The Hall–Kier alpha value is -9.76. The summed E-state index contributed by atoms with van der Waals surface area (Å²) in [6.07, 6.45) is 0. The number of hydrogen-bond donors (Lipinski definition) is 0. The van der Waals surface area contributed by atoms with Crippen LogP contribution >= 0.6 is 0 Å². The van der Waals surface area contributed by atoms with Gasteiger partial charge < -0.3 is 9.32 Å². The van der Waals surface area contributed by atoms with E-state index in [2.05, 4.69) is 284 Å². The van der Waals surface area contributed by atoms with E-state index in [1.54, 1.807) is 0 Å². The lowest BCUT2D eigenvalue weighted by atomic mass is 9.70. The van der Waals surface area contributed by atoms with Gasteiger partial charge in [-0.3, -0.25) is 0 Å². The fourth-order valence-electron chi connectivity index (χ4n) is 12.8. The van der Waals surface area contributed by atoms with Crippen molar-refractivity contribution >= 4 is 39.0 Å². The molecule has 2 nitrogen and oxygen atoms in total. The second kappa shape index (κ2) is 17.2. The number of anilines is 3. The molecule has 2 heteroatoms. The van der Waals surface area contributed by atoms with Crippen molar-refractivity contribution in [2.45, 2.75) is 5.41 Å². The van der Waals surface area contributed by atoms with Crippen LogP contribution in [0.3, 0.4) is 0 Å². The van der Waals surface area contributed by atoms with Crippen LogP contribution in [-0.4, -0.2) is 0 Å². The Morgan fingerprint density at radius 3 is 1.40 bits per heavy atom. The average Bonchev–Trinajstić information content (AvgIpc) is 4.24. The smallest absolute Gasteiger partial charge is 0.143 e. The van der Waals surface area contributed by atoms with Crippen molar-refractivity contribution in [1.82, 2.24) is 0 Å². The van der Waals surface area contributed by atoms with Crippen LogP contribution in [0, 0.1) is 0 Å². The number of benzene rings is 12. The van der Waals surface area contributed by atoms with Crippen LogP contribution in [0.1, 0.15) is 22.3 Å². The molecule has 2 aliphatic rings. The summed E-state index contributed by atoms with van der Waals surface area (Å²) < 4.78 is 6.60. The molecular weight excluding hydrogens is 907 g/mol. The van der Waals surface area contributed by atoms with Crippen LogP contribution in [0.15, 0.2) is 290 Å². The molecule has 1 aromatic heterocycles. The summed E-state index contributed by atoms with van der Waals surface area (Å²) in [5.74, 6) is 0. The number of nitrogens with zero attached hydrogens (tertiary/aromatic N) is 1. The van der Waals surface area contributed by atoms with E-state index in [9.17, 15) is 0 Å². The molecule has 0 fully saturated rings. The Kier molecular flexibility index (Phi) is 9.83. The molecule has 2 aliphatic carbocycles. The van der Waals surface area contributed by atoms with Gasteiger partial charge in [0.1, 0.15) is 11.2 Å². The van der Waals surface area contributed by atoms with Crippen LogP contribution < -0.4 is 4.90 Å². The standard InChI is InChI=1S/C73H47NO/c1-3-21-48(22-4-1)53-25-7-8-31-62(53)71-54(49-23-5-2-6-24-49)32-19-34-63(71)60-29-12-17-39-69(60)74(51-43-41-50(42-44-51)55-33-20-35-64-61-30-13-18-40-70(61)75-72(55)64)52-45-46-59-58-28-11-16-38-67(58)73(68(59)47-52)65-36-14-9-26-56(65)57-27-10-15-37-66(57)73/h1-47H. The largest absolute Gasteiger partial charge is 0.455 e. The molecule has 0 amide bonds. The highest BCUT2D eigenvalue weighted by molar-refractivity contribution is 6.10. The third kappa shape index (κ3) is 6.53. The van der Waals surface area contributed by atoms with Crippen molar-refractivity contribution < 1.29 is 4.42 Å². The molecule has 0 atom stereocenters. The molecule has 0 radical (unpaired) electrons. The lowest BCUT2D eigenvalue weighted by Crippen LogP contribution is -2.26. The normalized spacial score (nSPS) is 12.6. The Morgan fingerprint density at radius 2 is 0.720 bits per heavy atom. The molecule has 15 rings (SSSR count). The molecule has 1 heterocycles. The maximum atomic E-state index is 6.60. The zero-order chi connectivity index (χ0) is 49.5. The first-order valence-corrected chi connectivity index (χ1v) is 25.9. The first-order valence-electron chi connectivity index (χ1n) is 25.9. The number of hydrogen-bond acceptors (Lipinski definition) is 2. The minimum Gasteiger partial charge on any atom is -0.455 e. The van der Waals surface area contributed by atoms with Gasteiger partial charge >= 0.3 is 0 Å². The molecule has 0 saturated carbocycles. The molecule has 12 aromatic carbocycles. The van der Waals surface area contributed by atoms with E-state index in [0.29, 0.717) is 0 Å². The summed E-state index contributed by atoms with van der Waals surface area (Å²) in [4.78, 5) is 2.49. The second-order valence-electron chi connectivity index (χ2n) is 19.8. The Labute approximate surface area is 436 Å². The maximum absolute atomic E-state index is 6.60. The summed E-state index contributed by atoms with van der Waals surface area (Å²) in [7, 11) is 0. The van der Waals surface area contributed by atoms with Gasteiger partial charge in [-0.1, -0.05) is 249 Å². The fourth-order valence-corrected chi connectivity index (χ4v) is 12.8. The predicted molar refractivity (Wildman–Crippen MR) is 312 cm³/mol. The van der Waals surface area contributed by atoms with E-state index in [1.165, 1.54) is 77.9 Å². The fraction of sp³-hybridized carbons (Fsp3) is 0.0137. The molecule has 1 spiro atoms. The Bertz CT molecular complexity index is 4290. The van der Waals surface area contributed by atoms with Gasteiger partial charge in [-0.2, -0.15) is 0 Å². The summed E-state index contributed by atoms with van der Waals surface area (Å²) in [5, 5.41) is 2.24. The van der Waals surface area contributed by atoms with E-state index >= 15 is 0 Å². The van der Waals surface area contributed by atoms with Gasteiger partial charge in [-0.15, -0.1) is 0 Å². The lowest BCUT2D eigenvalue weighted by molar-refractivity contribution is 0.670. The predicted octanol–water partition coefficient (Wildman–Crippen LogP) is 19.7. The van der Waals surface area contributed by atoms with Crippen molar-refractivity contribution in [2.75, 3.05) is 4.90 Å². The van der Waals surface area contributed by atoms with Crippen LogP contribution in [0.25, 0.3) is 99.8 Å². The minimum absolute atomic E-state index is 0.506. The quantitative estimate of drug-likeness (QED) is 0.151. The third-order valence-electron chi connectivity index (χ3n) is 15.9. The Balaban J connectivity index is 0.985. The lowest BCUT2D eigenvalue weighted by Gasteiger charge is -2.33. The number of para-hydroxylation sites is 3. The van der Waals surface area contributed by atoms with Gasteiger partial charge in [0.05, 0.1) is 11.1 Å². The SMILES string of the molecule is c1ccc(-c2ccccc2-c2c(-c3ccccc3)cccc2-c2ccccc2N(c2ccc(-c3cccc4c3oc3ccccc34)cc2)c2ccc3c(c2)C2(c4ccccc4-c4ccccc42)c2ccccc2-3)cc1. The van der Waals surface area contributed by atoms with Crippen LogP contribution in [0.2, 0.25) is 0 Å². The summed E-state index contributed by atoms with van der Waals surface area (Å²) in [6, 6.07) is 105. The van der Waals surface area contributed by atoms with Crippen LogP contribution in [0.4, 0.5) is 17.1 Å². The van der Waals surface area contributed by atoms with Gasteiger partial charge in [0.25, 0.3) is 0 Å². The molecule has 75 heavy (non-hydrogen) atoms. The summed E-state index contributed by atoms with van der Waals surface area (Å²) in [6.45, 7) is 0. The monoisotopic (exact) mass is 953 g/mol. The molecule has 0 aliphatic heterocycles. The van der Waals surface area contributed by atoms with E-state index in [0.717, 1.165) is 61.3 Å². The Morgan fingerprint density at radius 1 is 0.267 bits per heavy atom. The zero-order valence-corrected chi connectivity index (χ0v) is 41.0. The van der Waals surface area contributed by atoms with Crippen molar-refractivity contribution in [3.63, 3.8) is 0 Å². The van der Waals surface area contributed by atoms with Gasteiger partial charge in [0.2, 0.25) is 0 Å². The maximum Gasteiger partial charge on any atom is 0.143 e. The molecule has 0 unspecified atom stereocenters. The van der Waals surface area contributed by atoms with Gasteiger partial charge in [0, 0.05) is 33.3 Å². The van der Waals surface area contributed by atoms with Crippen molar-refractivity contribution in [1.29, 1.82) is 0 Å². The van der Waals surface area contributed by atoms with E-state index in [-0.39, 0.29) is 0 Å².